The van der Waals surface area contributed by atoms with Crippen LogP contribution in [0.5, 0.6) is 11.5 Å². The van der Waals surface area contributed by atoms with Crippen molar-refractivity contribution < 1.29 is 27.1 Å². The highest BCUT2D eigenvalue weighted by Gasteiger charge is 2.31. The SMILES string of the molecule is O=C(NC[C@@H](c1cccnc1)S(=O)(=O)c1ccc2c(c1)OCCO2)c1ccco1. The highest BCUT2D eigenvalue weighted by Crippen LogP contribution is 2.36. The number of carbonyl (C=O) groups excluding carboxylic acids is 1. The molecule has 1 aliphatic heterocycles. The molecule has 0 fully saturated rings. The molecule has 1 N–H and O–H groups in total. The summed E-state index contributed by atoms with van der Waals surface area (Å²) in [6, 6.07) is 10.9. The second-order valence-electron chi connectivity index (χ2n) is 6.31. The van der Waals surface area contributed by atoms with E-state index in [1.807, 2.05) is 0 Å². The van der Waals surface area contributed by atoms with Gasteiger partial charge in [0.2, 0.25) is 0 Å². The van der Waals surface area contributed by atoms with Gasteiger partial charge < -0.3 is 19.2 Å². The molecule has 0 radical (unpaired) electrons. The number of hydrogen-bond donors (Lipinski definition) is 1. The Morgan fingerprint density at radius 1 is 1.10 bits per heavy atom. The lowest BCUT2D eigenvalue weighted by Gasteiger charge is -2.21. The number of sulfone groups is 1. The maximum absolute atomic E-state index is 13.4. The van der Waals surface area contributed by atoms with Crippen molar-refractivity contribution in [3.8, 4) is 11.5 Å². The molecule has 3 aromatic rings. The number of amides is 1. The Kier molecular flexibility index (Phi) is 5.22. The average Bonchev–Trinajstić information content (AvgIpc) is 3.29. The fraction of sp³-hybridized carbons (Fsp3) is 0.200. The van der Waals surface area contributed by atoms with Crippen LogP contribution in [-0.4, -0.2) is 39.1 Å². The molecule has 1 atom stereocenters. The lowest BCUT2D eigenvalue weighted by molar-refractivity contribution is 0.0926. The molecule has 4 rings (SSSR count). The molecule has 1 amide bonds. The minimum Gasteiger partial charge on any atom is -0.486 e. The average molecular weight is 414 g/mol. The molecule has 150 valence electrons. The predicted molar refractivity (Wildman–Crippen MR) is 103 cm³/mol. The van der Waals surface area contributed by atoms with Crippen LogP contribution in [0.4, 0.5) is 0 Å². The largest absolute Gasteiger partial charge is 0.486 e. The van der Waals surface area contributed by atoms with Gasteiger partial charge in [-0.2, -0.15) is 0 Å². The van der Waals surface area contributed by atoms with Gasteiger partial charge in [-0.1, -0.05) is 6.07 Å². The number of benzene rings is 1. The molecule has 0 bridgehead atoms. The van der Waals surface area contributed by atoms with Crippen LogP contribution in [-0.2, 0) is 9.84 Å². The molecule has 0 aliphatic carbocycles. The van der Waals surface area contributed by atoms with Crippen LogP contribution in [0.3, 0.4) is 0 Å². The Balaban J connectivity index is 1.65. The zero-order valence-electron chi connectivity index (χ0n) is 15.3. The molecule has 1 aromatic carbocycles. The lowest BCUT2D eigenvalue weighted by Crippen LogP contribution is -2.32. The van der Waals surface area contributed by atoms with Gasteiger partial charge in [-0.3, -0.25) is 9.78 Å². The van der Waals surface area contributed by atoms with Gasteiger partial charge in [0.15, 0.2) is 27.1 Å². The third-order valence-electron chi connectivity index (χ3n) is 4.47. The minimum absolute atomic E-state index is 0.0721. The molecule has 29 heavy (non-hydrogen) atoms. The summed E-state index contributed by atoms with van der Waals surface area (Å²) in [5, 5.41) is 1.58. The van der Waals surface area contributed by atoms with Gasteiger partial charge in [0.25, 0.3) is 5.91 Å². The molecule has 0 spiro atoms. The van der Waals surface area contributed by atoms with Crippen molar-refractivity contribution in [2.24, 2.45) is 0 Å². The summed E-state index contributed by atoms with van der Waals surface area (Å²) < 4.78 is 42.9. The van der Waals surface area contributed by atoms with Gasteiger partial charge in [-0.05, 0) is 35.9 Å². The highest BCUT2D eigenvalue weighted by atomic mass is 32.2. The van der Waals surface area contributed by atoms with Crippen LogP contribution in [0, 0.1) is 0 Å². The summed E-state index contributed by atoms with van der Waals surface area (Å²) >= 11 is 0. The molecule has 0 unspecified atom stereocenters. The monoisotopic (exact) mass is 414 g/mol. The maximum Gasteiger partial charge on any atom is 0.287 e. The van der Waals surface area contributed by atoms with E-state index in [2.05, 4.69) is 10.3 Å². The lowest BCUT2D eigenvalue weighted by atomic mass is 10.2. The summed E-state index contributed by atoms with van der Waals surface area (Å²) in [4.78, 5) is 16.3. The quantitative estimate of drug-likeness (QED) is 0.660. The summed E-state index contributed by atoms with van der Waals surface area (Å²) in [5.74, 6) is 0.481. The maximum atomic E-state index is 13.4. The van der Waals surface area contributed by atoms with Crippen molar-refractivity contribution in [1.82, 2.24) is 10.3 Å². The van der Waals surface area contributed by atoms with Gasteiger partial charge in [0, 0.05) is 25.0 Å². The molecule has 3 heterocycles. The Labute approximate surface area is 167 Å². The number of ether oxygens (including phenoxy) is 2. The first-order chi connectivity index (χ1) is 14.1. The standard InChI is InChI=1S/C20H18N2O6S/c23-20(17-4-2-8-26-17)22-13-19(14-3-1-7-21-12-14)29(24,25)15-5-6-16-18(11-15)28-10-9-27-16/h1-8,11-12,19H,9-10,13H2,(H,22,23)/t19-/m0/s1. The number of pyridine rings is 1. The molecule has 2 aromatic heterocycles. The van der Waals surface area contributed by atoms with Crippen molar-refractivity contribution in [2.75, 3.05) is 19.8 Å². The Hall–Kier alpha value is -3.33. The number of nitrogens with one attached hydrogen (secondary N) is 1. The van der Waals surface area contributed by atoms with Crippen molar-refractivity contribution in [3.63, 3.8) is 0 Å². The Morgan fingerprint density at radius 2 is 1.93 bits per heavy atom. The van der Waals surface area contributed by atoms with Crippen LogP contribution >= 0.6 is 0 Å². The first-order valence-electron chi connectivity index (χ1n) is 8.91. The number of furan rings is 1. The topological polar surface area (TPSA) is 108 Å². The fourth-order valence-electron chi connectivity index (χ4n) is 3.02. The molecule has 1 aliphatic rings. The van der Waals surface area contributed by atoms with Gasteiger partial charge in [-0.15, -0.1) is 0 Å². The summed E-state index contributed by atoms with van der Waals surface area (Å²) in [7, 11) is -3.87. The Morgan fingerprint density at radius 3 is 2.66 bits per heavy atom. The van der Waals surface area contributed by atoms with Crippen molar-refractivity contribution in [2.45, 2.75) is 10.1 Å². The van der Waals surface area contributed by atoms with Crippen LogP contribution in [0.25, 0.3) is 0 Å². The number of hydrogen-bond acceptors (Lipinski definition) is 7. The second-order valence-corrected chi connectivity index (χ2v) is 8.44. The molecule has 9 heteroatoms. The normalized spacial score (nSPS) is 14.2. The van der Waals surface area contributed by atoms with E-state index in [9.17, 15) is 13.2 Å². The molecular weight excluding hydrogens is 396 g/mol. The van der Waals surface area contributed by atoms with Crippen molar-refractivity contribution in [1.29, 1.82) is 0 Å². The van der Waals surface area contributed by atoms with E-state index in [0.29, 0.717) is 30.3 Å². The zero-order chi connectivity index (χ0) is 20.3. The number of aromatic nitrogens is 1. The third-order valence-corrected chi connectivity index (χ3v) is 6.56. The van der Waals surface area contributed by atoms with Crippen LogP contribution in [0.1, 0.15) is 21.4 Å². The van der Waals surface area contributed by atoms with Gasteiger partial charge >= 0.3 is 0 Å². The zero-order valence-corrected chi connectivity index (χ0v) is 16.1. The van der Waals surface area contributed by atoms with Gasteiger partial charge in [-0.25, -0.2) is 8.42 Å². The van der Waals surface area contributed by atoms with E-state index in [4.69, 9.17) is 13.9 Å². The van der Waals surface area contributed by atoms with E-state index < -0.39 is 21.0 Å². The number of nitrogens with zero attached hydrogens (tertiary/aromatic N) is 1. The van der Waals surface area contributed by atoms with Crippen LogP contribution in [0.15, 0.2) is 70.4 Å². The van der Waals surface area contributed by atoms with Crippen LogP contribution in [0.2, 0.25) is 0 Å². The molecular formula is C20H18N2O6S. The van der Waals surface area contributed by atoms with E-state index in [1.54, 1.807) is 30.5 Å². The van der Waals surface area contributed by atoms with E-state index in [-0.39, 0.29) is 17.2 Å². The third kappa shape index (κ3) is 3.95. The van der Waals surface area contributed by atoms with E-state index in [0.717, 1.165) is 0 Å². The number of fused-ring (bicyclic) bond motifs is 1. The summed E-state index contributed by atoms with van der Waals surface area (Å²) in [6.45, 7) is 0.611. The van der Waals surface area contributed by atoms with Gasteiger partial charge in [0.1, 0.15) is 18.5 Å². The smallest absolute Gasteiger partial charge is 0.287 e. The molecule has 8 nitrogen and oxygen atoms in total. The Bertz CT molecular complexity index is 1100. The van der Waals surface area contributed by atoms with Gasteiger partial charge in [0.05, 0.1) is 11.2 Å². The second kappa shape index (κ2) is 7.96. The number of carbonyl (C=O) groups is 1. The van der Waals surface area contributed by atoms with Crippen molar-refractivity contribution >= 4 is 15.7 Å². The number of rotatable bonds is 6. The summed E-state index contributed by atoms with van der Waals surface area (Å²) in [6.07, 6.45) is 4.40. The fourth-order valence-corrected chi connectivity index (χ4v) is 4.68. The van der Waals surface area contributed by atoms with Crippen molar-refractivity contribution in [3.05, 3.63) is 72.4 Å². The minimum atomic E-state index is -3.87. The van der Waals surface area contributed by atoms with Crippen LogP contribution < -0.4 is 14.8 Å². The molecule has 0 saturated carbocycles. The van der Waals surface area contributed by atoms with E-state index in [1.165, 1.54) is 30.7 Å². The molecule has 0 saturated heterocycles. The first kappa shape index (κ1) is 19.0. The highest BCUT2D eigenvalue weighted by molar-refractivity contribution is 7.91. The first-order valence-corrected chi connectivity index (χ1v) is 10.5. The summed E-state index contributed by atoms with van der Waals surface area (Å²) in [5.41, 5.74) is 0.460. The van der Waals surface area contributed by atoms with E-state index >= 15 is 0 Å². The predicted octanol–water partition coefficient (Wildman–Crippen LogP) is 2.39.